The number of phenols is 1. The summed E-state index contributed by atoms with van der Waals surface area (Å²) in [6, 6.07) is 4.33. The minimum Gasteiger partial charge on any atom is -0.506 e. The molecule has 1 rings (SSSR count). The van der Waals surface area contributed by atoms with Crippen LogP contribution < -0.4 is 0 Å². The van der Waals surface area contributed by atoms with Gasteiger partial charge in [-0.3, -0.25) is 4.79 Å². The van der Waals surface area contributed by atoms with E-state index in [4.69, 9.17) is 18.0 Å². The molecule has 0 aromatic heterocycles. The maximum Gasteiger partial charge on any atom is 0.254 e. The molecule has 0 spiro atoms. The molecule has 1 N–H and O–H groups in total. The van der Waals surface area contributed by atoms with Crippen molar-refractivity contribution in [2.75, 3.05) is 13.1 Å². The normalized spacial score (nSPS) is 9.56. The molecular weight excluding hydrogens is 226 g/mol. The Balaban J connectivity index is 2.95. The standard InChI is InChI=1S/C12H12ClNO2/c1-3-7-14(4-2)12(16)9-5-6-11(15)10(13)8-9/h1,5-6,8,15H,4,7H2,2H3. The summed E-state index contributed by atoms with van der Waals surface area (Å²) < 4.78 is 0. The van der Waals surface area contributed by atoms with E-state index in [1.807, 2.05) is 6.92 Å². The second kappa shape index (κ2) is 5.43. The third-order valence-electron chi connectivity index (χ3n) is 2.15. The number of phenolic OH excluding ortho intramolecular Hbond substituents is 1. The summed E-state index contributed by atoms with van der Waals surface area (Å²) in [6.07, 6.45) is 5.16. The number of rotatable bonds is 3. The molecule has 0 aliphatic heterocycles. The highest BCUT2D eigenvalue weighted by Gasteiger charge is 2.14. The van der Waals surface area contributed by atoms with E-state index in [9.17, 15) is 9.90 Å². The van der Waals surface area contributed by atoms with E-state index in [-0.39, 0.29) is 23.2 Å². The predicted octanol–water partition coefficient (Wildman–Crippen LogP) is 2.14. The SMILES string of the molecule is C#CCN(CC)C(=O)c1ccc(O)c(Cl)c1. The van der Waals surface area contributed by atoms with Gasteiger partial charge < -0.3 is 10.0 Å². The summed E-state index contributed by atoms with van der Waals surface area (Å²) in [5.41, 5.74) is 0.417. The molecule has 0 aliphatic carbocycles. The Kier molecular flexibility index (Phi) is 4.21. The first kappa shape index (κ1) is 12.4. The summed E-state index contributed by atoms with van der Waals surface area (Å²) in [5.74, 6) is 2.18. The molecule has 4 heteroatoms. The molecule has 0 saturated heterocycles. The van der Waals surface area contributed by atoms with Gasteiger partial charge in [0.15, 0.2) is 0 Å². The molecule has 1 amide bonds. The summed E-state index contributed by atoms with van der Waals surface area (Å²) in [7, 11) is 0. The third-order valence-corrected chi connectivity index (χ3v) is 2.45. The second-order valence-corrected chi connectivity index (χ2v) is 3.60. The highest BCUT2D eigenvalue weighted by atomic mass is 35.5. The number of terminal acetylenes is 1. The fourth-order valence-electron chi connectivity index (χ4n) is 1.26. The molecule has 0 unspecified atom stereocenters. The molecule has 0 heterocycles. The van der Waals surface area contributed by atoms with Crippen molar-refractivity contribution in [1.29, 1.82) is 0 Å². The molecule has 0 aliphatic rings. The molecule has 0 fully saturated rings. The van der Waals surface area contributed by atoms with Crippen LogP contribution >= 0.6 is 11.6 Å². The Bertz CT molecular complexity index is 437. The zero-order valence-electron chi connectivity index (χ0n) is 8.90. The van der Waals surface area contributed by atoms with Crippen LogP contribution in [0.2, 0.25) is 5.02 Å². The lowest BCUT2D eigenvalue weighted by Crippen LogP contribution is -2.31. The lowest BCUT2D eigenvalue weighted by Gasteiger charge is -2.18. The first-order valence-corrected chi connectivity index (χ1v) is 5.19. The van der Waals surface area contributed by atoms with Crippen LogP contribution in [0.3, 0.4) is 0 Å². The quantitative estimate of drug-likeness (QED) is 0.819. The van der Waals surface area contributed by atoms with Gasteiger partial charge in [-0.05, 0) is 25.1 Å². The fourth-order valence-corrected chi connectivity index (χ4v) is 1.44. The molecule has 0 bridgehead atoms. The zero-order valence-corrected chi connectivity index (χ0v) is 9.66. The van der Waals surface area contributed by atoms with Crippen molar-refractivity contribution < 1.29 is 9.90 Å². The van der Waals surface area contributed by atoms with Gasteiger partial charge in [-0.1, -0.05) is 17.5 Å². The van der Waals surface area contributed by atoms with Gasteiger partial charge in [0, 0.05) is 12.1 Å². The monoisotopic (exact) mass is 237 g/mol. The Hall–Kier alpha value is -1.66. The third kappa shape index (κ3) is 2.68. The largest absolute Gasteiger partial charge is 0.506 e. The van der Waals surface area contributed by atoms with E-state index in [2.05, 4.69) is 5.92 Å². The number of benzene rings is 1. The minimum atomic E-state index is -0.192. The second-order valence-electron chi connectivity index (χ2n) is 3.19. The van der Waals surface area contributed by atoms with Gasteiger partial charge in [-0.15, -0.1) is 6.42 Å². The summed E-state index contributed by atoms with van der Waals surface area (Å²) in [6.45, 7) is 2.63. The van der Waals surface area contributed by atoms with Crippen molar-refractivity contribution in [1.82, 2.24) is 4.90 Å². The maximum absolute atomic E-state index is 11.9. The number of nitrogens with zero attached hydrogens (tertiary/aromatic N) is 1. The Labute approximate surface area is 99.6 Å². The van der Waals surface area contributed by atoms with Gasteiger partial charge in [0.2, 0.25) is 0 Å². The van der Waals surface area contributed by atoms with Gasteiger partial charge in [-0.25, -0.2) is 0 Å². The van der Waals surface area contributed by atoms with Crippen LogP contribution in [0.15, 0.2) is 18.2 Å². The molecular formula is C12H12ClNO2. The lowest BCUT2D eigenvalue weighted by atomic mass is 10.2. The van der Waals surface area contributed by atoms with Crippen molar-refractivity contribution in [2.24, 2.45) is 0 Å². The number of halogens is 1. The minimum absolute atomic E-state index is 0.0433. The predicted molar refractivity (Wildman–Crippen MR) is 63.5 cm³/mol. The fraction of sp³-hybridized carbons (Fsp3) is 0.250. The van der Waals surface area contributed by atoms with E-state index in [1.54, 1.807) is 0 Å². The molecule has 0 saturated carbocycles. The lowest BCUT2D eigenvalue weighted by molar-refractivity contribution is 0.0785. The molecule has 1 aromatic carbocycles. The van der Waals surface area contributed by atoms with Crippen LogP contribution in [0.5, 0.6) is 5.75 Å². The van der Waals surface area contributed by atoms with Crippen molar-refractivity contribution in [3.05, 3.63) is 28.8 Å². The van der Waals surface area contributed by atoms with Gasteiger partial charge >= 0.3 is 0 Å². The van der Waals surface area contributed by atoms with Crippen LogP contribution in [0.25, 0.3) is 0 Å². The molecule has 0 atom stereocenters. The van der Waals surface area contributed by atoms with Crippen LogP contribution in [-0.4, -0.2) is 29.0 Å². The van der Waals surface area contributed by atoms with E-state index >= 15 is 0 Å². The van der Waals surface area contributed by atoms with Crippen molar-refractivity contribution in [3.63, 3.8) is 0 Å². The number of hydrogen-bond acceptors (Lipinski definition) is 2. The van der Waals surface area contributed by atoms with Gasteiger partial charge in [0.05, 0.1) is 11.6 Å². The van der Waals surface area contributed by atoms with Crippen molar-refractivity contribution in [3.8, 4) is 18.1 Å². The van der Waals surface area contributed by atoms with Crippen LogP contribution in [-0.2, 0) is 0 Å². The molecule has 16 heavy (non-hydrogen) atoms. The molecule has 3 nitrogen and oxygen atoms in total. The van der Waals surface area contributed by atoms with Crippen molar-refractivity contribution in [2.45, 2.75) is 6.92 Å². The Morgan fingerprint density at radius 1 is 1.62 bits per heavy atom. The van der Waals surface area contributed by atoms with Crippen molar-refractivity contribution >= 4 is 17.5 Å². The Morgan fingerprint density at radius 2 is 2.31 bits per heavy atom. The number of carbonyl (C=O) groups excluding carboxylic acids is 1. The average Bonchev–Trinajstić information content (AvgIpc) is 2.28. The highest BCUT2D eigenvalue weighted by molar-refractivity contribution is 6.32. The zero-order chi connectivity index (χ0) is 12.1. The summed E-state index contributed by atoms with van der Waals surface area (Å²) >= 11 is 5.72. The number of hydrogen-bond donors (Lipinski definition) is 1. The first-order valence-electron chi connectivity index (χ1n) is 4.81. The maximum atomic E-state index is 11.9. The Morgan fingerprint density at radius 3 is 2.81 bits per heavy atom. The topological polar surface area (TPSA) is 40.5 Å². The molecule has 84 valence electrons. The smallest absolute Gasteiger partial charge is 0.254 e. The number of amides is 1. The van der Waals surface area contributed by atoms with E-state index in [0.29, 0.717) is 12.1 Å². The molecule has 0 radical (unpaired) electrons. The van der Waals surface area contributed by atoms with Crippen LogP contribution in [0.1, 0.15) is 17.3 Å². The van der Waals surface area contributed by atoms with E-state index < -0.39 is 0 Å². The summed E-state index contributed by atoms with van der Waals surface area (Å²) in [4.78, 5) is 13.4. The van der Waals surface area contributed by atoms with Gasteiger partial charge in [0.1, 0.15) is 5.75 Å². The van der Waals surface area contributed by atoms with Crippen LogP contribution in [0, 0.1) is 12.3 Å². The number of carbonyl (C=O) groups is 1. The summed E-state index contributed by atoms with van der Waals surface area (Å²) in [5, 5.41) is 9.39. The average molecular weight is 238 g/mol. The van der Waals surface area contributed by atoms with E-state index in [1.165, 1.54) is 23.1 Å². The number of aromatic hydroxyl groups is 1. The van der Waals surface area contributed by atoms with Gasteiger partial charge in [0.25, 0.3) is 5.91 Å². The first-order chi connectivity index (χ1) is 7.60. The molecule has 1 aromatic rings. The highest BCUT2D eigenvalue weighted by Crippen LogP contribution is 2.24. The van der Waals surface area contributed by atoms with Crippen LogP contribution in [0.4, 0.5) is 0 Å². The van der Waals surface area contributed by atoms with Gasteiger partial charge in [-0.2, -0.15) is 0 Å². The van der Waals surface area contributed by atoms with E-state index in [0.717, 1.165) is 0 Å².